The number of aromatic nitrogens is 3. The SMILES string of the molecule is O=C(Nc1ccc(CC(Nc2ccc(Cl)nn2)C(=O)O)cc1)c1c(Cl)cncc1Cl. The molecule has 0 saturated heterocycles. The highest BCUT2D eigenvalue weighted by Gasteiger charge is 2.19. The molecule has 154 valence electrons. The number of hydrogen-bond donors (Lipinski definition) is 3. The number of nitrogens with one attached hydrogen (secondary N) is 2. The van der Waals surface area contributed by atoms with Gasteiger partial charge < -0.3 is 15.7 Å². The Balaban J connectivity index is 1.67. The molecule has 11 heteroatoms. The predicted molar refractivity (Wildman–Crippen MR) is 114 cm³/mol. The van der Waals surface area contributed by atoms with Gasteiger partial charge in [0.1, 0.15) is 11.9 Å². The number of carboxylic acids is 1. The van der Waals surface area contributed by atoms with Crippen molar-refractivity contribution in [2.45, 2.75) is 12.5 Å². The molecule has 30 heavy (non-hydrogen) atoms. The standard InChI is InChI=1S/C19H14Cl3N5O3/c20-12-8-23-9-13(21)17(12)18(28)24-11-3-1-10(2-4-11)7-14(19(29)30)25-16-6-5-15(22)26-27-16/h1-6,8-9,14H,7H2,(H,24,28)(H,25,27)(H,29,30). The van der Waals surface area contributed by atoms with Crippen LogP contribution >= 0.6 is 34.8 Å². The summed E-state index contributed by atoms with van der Waals surface area (Å²) in [6, 6.07) is 8.82. The molecule has 8 nitrogen and oxygen atoms in total. The lowest BCUT2D eigenvalue weighted by Gasteiger charge is -2.15. The van der Waals surface area contributed by atoms with E-state index in [0.29, 0.717) is 11.5 Å². The monoisotopic (exact) mass is 465 g/mol. The minimum absolute atomic E-state index is 0.122. The zero-order valence-corrected chi connectivity index (χ0v) is 17.4. The summed E-state index contributed by atoms with van der Waals surface area (Å²) in [5.74, 6) is -1.24. The van der Waals surface area contributed by atoms with Crippen LogP contribution in [0.2, 0.25) is 15.2 Å². The Morgan fingerprint density at radius 1 is 0.967 bits per heavy atom. The van der Waals surface area contributed by atoms with Gasteiger partial charge in [0.2, 0.25) is 0 Å². The van der Waals surface area contributed by atoms with Gasteiger partial charge >= 0.3 is 5.97 Å². The summed E-state index contributed by atoms with van der Waals surface area (Å²) in [7, 11) is 0. The van der Waals surface area contributed by atoms with Gasteiger partial charge in [-0.2, -0.15) is 0 Å². The van der Waals surface area contributed by atoms with Gasteiger partial charge in [-0.15, -0.1) is 10.2 Å². The average molecular weight is 467 g/mol. The van der Waals surface area contributed by atoms with Crippen LogP contribution in [0, 0.1) is 0 Å². The molecule has 1 atom stereocenters. The minimum atomic E-state index is -1.05. The fraction of sp³-hybridized carbons (Fsp3) is 0.105. The fourth-order valence-electron chi connectivity index (χ4n) is 2.55. The summed E-state index contributed by atoms with van der Waals surface area (Å²) in [6.45, 7) is 0. The largest absolute Gasteiger partial charge is 0.480 e. The number of halogens is 3. The first kappa shape index (κ1) is 21.8. The van der Waals surface area contributed by atoms with Crippen LogP contribution in [-0.2, 0) is 11.2 Å². The lowest BCUT2D eigenvalue weighted by molar-refractivity contribution is -0.137. The van der Waals surface area contributed by atoms with Crippen molar-refractivity contribution in [1.82, 2.24) is 15.2 Å². The molecule has 1 amide bonds. The van der Waals surface area contributed by atoms with Crippen LogP contribution in [0.1, 0.15) is 15.9 Å². The Labute approximate surface area is 186 Å². The quantitative estimate of drug-likeness (QED) is 0.478. The zero-order chi connectivity index (χ0) is 21.7. The molecule has 0 aliphatic carbocycles. The Morgan fingerprint density at radius 3 is 2.20 bits per heavy atom. The third kappa shape index (κ3) is 5.56. The van der Waals surface area contributed by atoms with Crippen molar-refractivity contribution in [2.24, 2.45) is 0 Å². The molecule has 0 bridgehead atoms. The fourth-order valence-corrected chi connectivity index (χ4v) is 3.19. The molecular weight excluding hydrogens is 453 g/mol. The van der Waals surface area contributed by atoms with Crippen molar-refractivity contribution in [3.63, 3.8) is 0 Å². The summed E-state index contributed by atoms with van der Waals surface area (Å²) in [5, 5.41) is 22.9. The van der Waals surface area contributed by atoms with Crippen LogP contribution in [0.25, 0.3) is 0 Å². The predicted octanol–water partition coefficient (Wildman–Crippen LogP) is 4.19. The molecular formula is C19H14Cl3N5O3. The van der Waals surface area contributed by atoms with Crippen molar-refractivity contribution in [3.05, 3.63) is 75.1 Å². The van der Waals surface area contributed by atoms with Gasteiger partial charge in [0.15, 0.2) is 5.15 Å². The van der Waals surface area contributed by atoms with E-state index in [2.05, 4.69) is 25.8 Å². The average Bonchev–Trinajstić information content (AvgIpc) is 2.70. The normalized spacial score (nSPS) is 11.6. The highest BCUT2D eigenvalue weighted by molar-refractivity contribution is 6.40. The molecule has 3 N–H and O–H groups in total. The van der Waals surface area contributed by atoms with E-state index in [1.54, 1.807) is 30.3 Å². The number of carbonyl (C=O) groups excluding carboxylic acids is 1. The van der Waals surface area contributed by atoms with Crippen LogP contribution in [-0.4, -0.2) is 38.2 Å². The maximum absolute atomic E-state index is 12.4. The molecule has 0 spiro atoms. The number of rotatable bonds is 7. The maximum atomic E-state index is 12.4. The molecule has 3 aromatic rings. The molecule has 0 radical (unpaired) electrons. The van der Waals surface area contributed by atoms with E-state index in [4.69, 9.17) is 34.8 Å². The number of carboxylic acid groups (broad SMARTS) is 1. The van der Waals surface area contributed by atoms with E-state index in [9.17, 15) is 14.7 Å². The van der Waals surface area contributed by atoms with E-state index in [1.807, 2.05) is 0 Å². The molecule has 2 aromatic heterocycles. The van der Waals surface area contributed by atoms with Gasteiger partial charge in [0.05, 0.1) is 15.6 Å². The second-order valence-corrected chi connectivity index (χ2v) is 7.31. The maximum Gasteiger partial charge on any atom is 0.326 e. The first-order valence-electron chi connectivity index (χ1n) is 8.51. The van der Waals surface area contributed by atoms with Crippen LogP contribution in [0.5, 0.6) is 0 Å². The van der Waals surface area contributed by atoms with Crippen molar-refractivity contribution in [2.75, 3.05) is 10.6 Å². The lowest BCUT2D eigenvalue weighted by Crippen LogP contribution is -2.32. The second-order valence-electron chi connectivity index (χ2n) is 6.11. The number of amides is 1. The number of carbonyl (C=O) groups is 2. The number of hydrogen-bond acceptors (Lipinski definition) is 6. The zero-order valence-electron chi connectivity index (χ0n) is 15.1. The van der Waals surface area contributed by atoms with Gasteiger partial charge in [0.25, 0.3) is 5.91 Å². The first-order valence-corrected chi connectivity index (χ1v) is 9.64. The summed E-state index contributed by atoms with van der Waals surface area (Å²) >= 11 is 17.7. The number of benzene rings is 1. The Kier molecular flexibility index (Phi) is 7.04. The topological polar surface area (TPSA) is 117 Å². The molecule has 0 saturated carbocycles. The van der Waals surface area contributed by atoms with Gasteiger partial charge in [-0.3, -0.25) is 9.78 Å². The number of pyridine rings is 1. The van der Waals surface area contributed by atoms with E-state index in [0.717, 1.165) is 5.56 Å². The molecule has 0 fully saturated rings. The highest BCUT2D eigenvalue weighted by atomic mass is 35.5. The van der Waals surface area contributed by atoms with Gasteiger partial charge in [0, 0.05) is 24.5 Å². The molecule has 2 heterocycles. The number of anilines is 2. The van der Waals surface area contributed by atoms with E-state index in [-0.39, 0.29) is 27.2 Å². The third-order valence-corrected chi connectivity index (χ3v) is 4.76. The van der Waals surface area contributed by atoms with Crippen LogP contribution in [0.3, 0.4) is 0 Å². The van der Waals surface area contributed by atoms with Gasteiger partial charge in [-0.1, -0.05) is 46.9 Å². The summed E-state index contributed by atoms with van der Waals surface area (Å²) in [5.41, 5.74) is 1.35. The van der Waals surface area contributed by atoms with Gasteiger partial charge in [-0.05, 0) is 29.8 Å². The van der Waals surface area contributed by atoms with Crippen LogP contribution in [0.15, 0.2) is 48.8 Å². The molecule has 0 aliphatic heterocycles. The van der Waals surface area contributed by atoms with Crippen LogP contribution < -0.4 is 10.6 Å². The Morgan fingerprint density at radius 2 is 1.63 bits per heavy atom. The van der Waals surface area contributed by atoms with E-state index >= 15 is 0 Å². The first-order chi connectivity index (χ1) is 14.3. The minimum Gasteiger partial charge on any atom is -0.480 e. The van der Waals surface area contributed by atoms with Gasteiger partial charge in [-0.25, -0.2) is 4.79 Å². The highest BCUT2D eigenvalue weighted by Crippen LogP contribution is 2.24. The second kappa shape index (κ2) is 9.71. The van der Waals surface area contributed by atoms with Crippen molar-refractivity contribution in [1.29, 1.82) is 0 Å². The molecule has 3 rings (SSSR count). The third-order valence-electron chi connectivity index (χ3n) is 3.98. The Bertz CT molecular complexity index is 1040. The van der Waals surface area contributed by atoms with E-state index in [1.165, 1.54) is 18.5 Å². The summed E-state index contributed by atoms with van der Waals surface area (Å²) in [4.78, 5) is 27.8. The smallest absolute Gasteiger partial charge is 0.326 e. The molecule has 1 unspecified atom stereocenters. The number of aliphatic carboxylic acids is 1. The van der Waals surface area contributed by atoms with E-state index < -0.39 is 17.9 Å². The Hall–Kier alpha value is -2.94. The summed E-state index contributed by atoms with van der Waals surface area (Å²) < 4.78 is 0. The van der Waals surface area contributed by atoms with Crippen molar-refractivity contribution >= 4 is 58.2 Å². The lowest BCUT2D eigenvalue weighted by atomic mass is 10.1. The van der Waals surface area contributed by atoms with Crippen molar-refractivity contribution < 1.29 is 14.7 Å². The molecule has 0 aliphatic rings. The van der Waals surface area contributed by atoms with Crippen molar-refractivity contribution in [3.8, 4) is 0 Å². The number of nitrogens with zero attached hydrogens (tertiary/aromatic N) is 3. The summed E-state index contributed by atoms with van der Waals surface area (Å²) in [6.07, 6.45) is 2.83. The molecule has 1 aromatic carbocycles. The van der Waals surface area contributed by atoms with Crippen LogP contribution in [0.4, 0.5) is 11.5 Å².